The Morgan fingerprint density at radius 3 is 2.85 bits per heavy atom. The molecule has 0 aliphatic carbocycles. The van der Waals surface area contributed by atoms with Crippen LogP contribution in [-0.4, -0.2) is 30.8 Å². The lowest BCUT2D eigenvalue weighted by Crippen LogP contribution is -2.17. The highest BCUT2D eigenvalue weighted by atomic mass is 35.5. The predicted octanol–water partition coefficient (Wildman–Crippen LogP) is 3.23. The number of rotatable bonds is 3. The van der Waals surface area contributed by atoms with Crippen molar-refractivity contribution in [3.63, 3.8) is 0 Å². The van der Waals surface area contributed by atoms with Gasteiger partial charge in [0.25, 0.3) is 0 Å². The standard InChI is InChI=1S/C15H20ClNO3/c1-15(2,3)12-6-11(7-13(16)17-12)14(18)20-9-10-4-5-19-8-10/h6-7,10H,4-5,8-9H2,1-3H3. The number of hydrogen-bond donors (Lipinski definition) is 0. The van der Waals surface area contributed by atoms with E-state index in [0.717, 1.165) is 18.7 Å². The molecule has 1 aliphatic rings. The van der Waals surface area contributed by atoms with Gasteiger partial charge in [-0.15, -0.1) is 0 Å². The summed E-state index contributed by atoms with van der Waals surface area (Å²) in [5, 5.41) is 0.313. The third-order valence-corrected chi connectivity index (χ3v) is 3.47. The Balaban J connectivity index is 2.07. The van der Waals surface area contributed by atoms with Crippen molar-refractivity contribution >= 4 is 17.6 Å². The number of carbonyl (C=O) groups excluding carboxylic acids is 1. The smallest absolute Gasteiger partial charge is 0.338 e. The second-order valence-corrected chi connectivity index (χ2v) is 6.53. The molecule has 2 rings (SSSR count). The van der Waals surface area contributed by atoms with Crippen LogP contribution in [0.25, 0.3) is 0 Å². The molecule has 5 heteroatoms. The summed E-state index contributed by atoms with van der Waals surface area (Å²) in [6.45, 7) is 7.88. The van der Waals surface area contributed by atoms with E-state index in [4.69, 9.17) is 21.1 Å². The first-order chi connectivity index (χ1) is 9.36. The number of ether oxygens (including phenoxy) is 2. The topological polar surface area (TPSA) is 48.4 Å². The second kappa shape index (κ2) is 6.10. The monoisotopic (exact) mass is 297 g/mol. The Morgan fingerprint density at radius 1 is 1.50 bits per heavy atom. The van der Waals surface area contributed by atoms with Gasteiger partial charge in [0.15, 0.2) is 0 Å². The first-order valence-electron chi connectivity index (χ1n) is 6.79. The molecule has 20 heavy (non-hydrogen) atoms. The predicted molar refractivity (Wildman–Crippen MR) is 77.2 cm³/mol. The van der Waals surface area contributed by atoms with Gasteiger partial charge >= 0.3 is 5.97 Å². The molecule has 1 unspecified atom stereocenters. The van der Waals surface area contributed by atoms with Crippen LogP contribution in [0.2, 0.25) is 5.15 Å². The summed E-state index contributed by atoms with van der Waals surface area (Å²) in [5.41, 5.74) is 1.06. The normalized spacial score (nSPS) is 19.1. The Bertz CT molecular complexity index is 490. The van der Waals surface area contributed by atoms with E-state index >= 15 is 0 Å². The summed E-state index contributed by atoms with van der Waals surface area (Å²) in [6.07, 6.45) is 0.942. The summed E-state index contributed by atoms with van der Waals surface area (Å²) < 4.78 is 10.6. The molecule has 0 saturated carbocycles. The summed E-state index contributed by atoms with van der Waals surface area (Å²) >= 11 is 5.99. The number of aromatic nitrogens is 1. The zero-order chi connectivity index (χ0) is 14.8. The minimum absolute atomic E-state index is 0.167. The zero-order valence-electron chi connectivity index (χ0n) is 12.1. The van der Waals surface area contributed by atoms with Crippen LogP contribution in [0.5, 0.6) is 0 Å². The van der Waals surface area contributed by atoms with Crippen LogP contribution in [0.1, 0.15) is 43.2 Å². The number of esters is 1. The molecule has 0 radical (unpaired) electrons. The molecule has 4 nitrogen and oxygen atoms in total. The molecule has 0 aromatic carbocycles. The van der Waals surface area contributed by atoms with Crippen molar-refractivity contribution in [1.29, 1.82) is 0 Å². The van der Waals surface area contributed by atoms with Gasteiger partial charge in [0.2, 0.25) is 0 Å². The van der Waals surface area contributed by atoms with E-state index in [1.54, 1.807) is 12.1 Å². The SMILES string of the molecule is CC(C)(C)c1cc(C(=O)OCC2CCOC2)cc(Cl)n1. The quantitative estimate of drug-likeness (QED) is 0.635. The van der Waals surface area contributed by atoms with Crippen LogP contribution in [0.4, 0.5) is 0 Å². The van der Waals surface area contributed by atoms with Crippen molar-refractivity contribution in [3.8, 4) is 0 Å². The molecule has 0 spiro atoms. The van der Waals surface area contributed by atoms with Gasteiger partial charge in [-0.2, -0.15) is 0 Å². The minimum atomic E-state index is -0.355. The molecule has 1 atom stereocenters. The summed E-state index contributed by atoms with van der Waals surface area (Å²) in [7, 11) is 0. The van der Waals surface area contributed by atoms with Gasteiger partial charge < -0.3 is 9.47 Å². The highest BCUT2D eigenvalue weighted by Crippen LogP contribution is 2.24. The maximum absolute atomic E-state index is 12.1. The molecule has 1 aromatic heterocycles. The fourth-order valence-electron chi connectivity index (χ4n) is 1.99. The van der Waals surface area contributed by atoms with E-state index in [9.17, 15) is 4.79 Å². The number of carbonyl (C=O) groups is 1. The van der Waals surface area contributed by atoms with Crippen molar-refractivity contribution in [2.45, 2.75) is 32.6 Å². The number of halogens is 1. The van der Waals surface area contributed by atoms with Crippen LogP contribution < -0.4 is 0 Å². The highest BCUT2D eigenvalue weighted by molar-refractivity contribution is 6.29. The second-order valence-electron chi connectivity index (χ2n) is 6.14. The molecule has 1 fully saturated rings. The van der Waals surface area contributed by atoms with E-state index in [-0.39, 0.29) is 11.4 Å². The van der Waals surface area contributed by atoms with Crippen molar-refractivity contribution in [2.24, 2.45) is 5.92 Å². The Kier molecular flexibility index (Phi) is 4.66. The van der Waals surface area contributed by atoms with E-state index in [1.807, 2.05) is 20.8 Å². The maximum atomic E-state index is 12.1. The minimum Gasteiger partial charge on any atom is -0.462 e. The third kappa shape index (κ3) is 3.93. The molecule has 1 aromatic rings. The largest absolute Gasteiger partial charge is 0.462 e. The fourth-order valence-corrected chi connectivity index (χ4v) is 2.20. The lowest BCUT2D eigenvalue weighted by molar-refractivity contribution is 0.0428. The number of pyridine rings is 1. The van der Waals surface area contributed by atoms with Crippen LogP contribution in [0.3, 0.4) is 0 Å². The average Bonchev–Trinajstić information content (AvgIpc) is 2.87. The first-order valence-corrected chi connectivity index (χ1v) is 7.17. The van der Waals surface area contributed by atoms with E-state index in [2.05, 4.69) is 4.98 Å². The number of hydrogen-bond acceptors (Lipinski definition) is 4. The Labute approximate surface area is 124 Å². The molecule has 110 valence electrons. The zero-order valence-corrected chi connectivity index (χ0v) is 12.9. The Hall–Kier alpha value is -1.13. The van der Waals surface area contributed by atoms with Crippen LogP contribution in [0, 0.1) is 5.92 Å². The van der Waals surface area contributed by atoms with E-state index in [0.29, 0.717) is 29.8 Å². The van der Waals surface area contributed by atoms with Crippen molar-refractivity contribution in [2.75, 3.05) is 19.8 Å². The molecule has 0 amide bonds. The van der Waals surface area contributed by atoms with Gasteiger partial charge in [0.05, 0.1) is 18.8 Å². The summed E-state index contributed by atoms with van der Waals surface area (Å²) in [4.78, 5) is 16.3. The highest BCUT2D eigenvalue weighted by Gasteiger charge is 2.21. The van der Waals surface area contributed by atoms with Crippen LogP contribution in [0.15, 0.2) is 12.1 Å². The molecule has 0 N–H and O–H groups in total. The lowest BCUT2D eigenvalue weighted by atomic mass is 9.91. The molecule has 2 heterocycles. The summed E-state index contributed by atoms with van der Waals surface area (Å²) in [6, 6.07) is 3.30. The molecular weight excluding hydrogens is 278 g/mol. The molecule has 1 aliphatic heterocycles. The fraction of sp³-hybridized carbons (Fsp3) is 0.600. The van der Waals surface area contributed by atoms with Crippen molar-refractivity contribution in [1.82, 2.24) is 4.98 Å². The Morgan fingerprint density at radius 2 is 2.25 bits per heavy atom. The first kappa shape index (κ1) is 15.3. The van der Waals surface area contributed by atoms with Crippen molar-refractivity contribution in [3.05, 3.63) is 28.5 Å². The molecule has 0 bridgehead atoms. The molecule has 1 saturated heterocycles. The average molecular weight is 298 g/mol. The van der Waals surface area contributed by atoms with Gasteiger partial charge in [-0.05, 0) is 18.6 Å². The number of nitrogens with zero attached hydrogens (tertiary/aromatic N) is 1. The molecular formula is C15H20ClNO3. The maximum Gasteiger partial charge on any atom is 0.338 e. The van der Waals surface area contributed by atoms with E-state index in [1.165, 1.54) is 0 Å². The van der Waals surface area contributed by atoms with Crippen LogP contribution >= 0.6 is 11.6 Å². The van der Waals surface area contributed by atoms with Gasteiger partial charge in [0.1, 0.15) is 5.15 Å². The summed E-state index contributed by atoms with van der Waals surface area (Å²) in [5.74, 6) is -0.0509. The lowest BCUT2D eigenvalue weighted by Gasteiger charge is -2.18. The third-order valence-electron chi connectivity index (χ3n) is 3.27. The van der Waals surface area contributed by atoms with Gasteiger partial charge in [0, 0.05) is 23.6 Å². The van der Waals surface area contributed by atoms with Gasteiger partial charge in [-0.3, -0.25) is 0 Å². The van der Waals surface area contributed by atoms with Gasteiger partial charge in [-0.25, -0.2) is 9.78 Å². The van der Waals surface area contributed by atoms with Crippen molar-refractivity contribution < 1.29 is 14.3 Å². The van der Waals surface area contributed by atoms with Gasteiger partial charge in [-0.1, -0.05) is 32.4 Å². The van der Waals surface area contributed by atoms with Crippen LogP contribution in [-0.2, 0) is 14.9 Å². The van der Waals surface area contributed by atoms with E-state index < -0.39 is 0 Å².